The van der Waals surface area contributed by atoms with E-state index in [1.54, 1.807) is 0 Å². The zero-order valence-electron chi connectivity index (χ0n) is 11.8. The maximum Gasteiger partial charge on any atom is 0.310 e. The van der Waals surface area contributed by atoms with Crippen LogP contribution in [0.15, 0.2) is 0 Å². The SMILES string of the molecule is O=C(CC1(C(=O)O)CCCC1)NC1CCOC1C1CC1. The Balaban J connectivity index is 1.57. The van der Waals surface area contributed by atoms with Gasteiger partial charge < -0.3 is 15.2 Å². The van der Waals surface area contributed by atoms with E-state index in [-0.39, 0.29) is 24.5 Å². The molecule has 2 N–H and O–H groups in total. The van der Waals surface area contributed by atoms with Crippen molar-refractivity contribution in [3.05, 3.63) is 0 Å². The average Bonchev–Trinajstić information content (AvgIpc) is 2.95. The molecule has 0 aromatic heterocycles. The van der Waals surface area contributed by atoms with Crippen molar-refractivity contribution in [2.45, 2.75) is 63.5 Å². The number of hydrogen-bond donors (Lipinski definition) is 2. The van der Waals surface area contributed by atoms with Crippen LogP contribution in [0.5, 0.6) is 0 Å². The Hall–Kier alpha value is -1.10. The molecule has 5 nitrogen and oxygen atoms in total. The number of carbonyl (C=O) groups excluding carboxylic acids is 1. The van der Waals surface area contributed by atoms with Gasteiger partial charge in [0.25, 0.3) is 0 Å². The topological polar surface area (TPSA) is 75.6 Å². The predicted octanol–water partition coefficient (Wildman–Crippen LogP) is 1.71. The van der Waals surface area contributed by atoms with Crippen LogP contribution in [-0.4, -0.2) is 35.7 Å². The van der Waals surface area contributed by atoms with Crippen molar-refractivity contribution < 1.29 is 19.4 Å². The third-order valence-electron chi connectivity index (χ3n) is 5.08. The lowest BCUT2D eigenvalue weighted by Crippen LogP contribution is -2.44. The molecule has 0 spiro atoms. The van der Waals surface area contributed by atoms with Gasteiger partial charge in [-0.1, -0.05) is 12.8 Å². The minimum Gasteiger partial charge on any atom is -0.481 e. The molecular weight excluding hydrogens is 258 g/mol. The van der Waals surface area contributed by atoms with E-state index in [0.29, 0.717) is 25.4 Å². The molecule has 2 atom stereocenters. The van der Waals surface area contributed by atoms with E-state index in [2.05, 4.69) is 5.32 Å². The predicted molar refractivity (Wildman–Crippen MR) is 72.2 cm³/mol. The summed E-state index contributed by atoms with van der Waals surface area (Å²) in [5.74, 6) is -0.329. The number of amides is 1. The molecule has 0 aromatic carbocycles. The molecule has 1 heterocycles. The number of nitrogens with one attached hydrogen (secondary N) is 1. The summed E-state index contributed by atoms with van der Waals surface area (Å²) in [5, 5.41) is 12.4. The maximum absolute atomic E-state index is 12.2. The van der Waals surface area contributed by atoms with Crippen molar-refractivity contribution >= 4 is 11.9 Å². The Morgan fingerprint density at radius 1 is 1.20 bits per heavy atom. The highest BCUT2D eigenvalue weighted by Crippen LogP contribution is 2.42. The molecule has 3 aliphatic rings. The van der Waals surface area contributed by atoms with E-state index < -0.39 is 11.4 Å². The van der Waals surface area contributed by atoms with Crippen LogP contribution >= 0.6 is 0 Å². The fraction of sp³-hybridized carbons (Fsp3) is 0.867. The first-order valence-electron chi connectivity index (χ1n) is 7.75. The average molecular weight is 281 g/mol. The molecule has 1 saturated heterocycles. The van der Waals surface area contributed by atoms with Gasteiger partial charge in [0.2, 0.25) is 5.91 Å². The lowest BCUT2D eigenvalue weighted by atomic mass is 9.82. The van der Waals surface area contributed by atoms with Gasteiger partial charge in [0.05, 0.1) is 17.6 Å². The van der Waals surface area contributed by atoms with Crippen molar-refractivity contribution in [2.75, 3.05) is 6.61 Å². The normalized spacial score (nSPS) is 32.2. The quantitative estimate of drug-likeness (QED) is 0.804. The second kappa shape index (κ2) is 5.35. The van der Waals surface area contributed by atoms with E-state index >= 15 is 0 Å². The summed E-state index contributed by atoms with van der Waals surface area (Å²) < 4.78 is 5.70. The number of rotatable bonds is 5. The summed E-state index contributed by atoms with van der Waals surface area (Å²) in [7, 11) is 0. The van der Waals surface area contributed by atoms with Gasteiger partial charge in [0.15, 0.2) is 0 Å². The van der Waals surface area contributed by atoms with E-state index in [0.717, 1.165) is 19.3 Å². The first-order chi connectivity index (χ1) is 9.61. The highest BCUT2D eigenvalue weighted by Gasteiger charge is 2.45. The molecule has 1 amide bonds. The Labute approximate surface area is 119 Å². The Morgan fingerprint density at radius 2 is 1.90 bits per heavy atom. The van der Waals surface area contributed by atoms with Crippen molar-refractivity contribution in [3.63, 3.8) is 0 Å². The summed E-state index contributed by atoms with van der Waals surface area (Å²) in [6.45, 7) is 0.705. The van der Waals surface area contributed by atoms with E-state index in [9.17, 15) is 14.7 Å². The van der Waals surface area contributed by atoms with Gasteiger partial charge in [-0.05, 0) is 38.0 Å². The van der Waals surface area contributed by atoms with Crippen molar-refractivity contribution in [1.82, 2.24) is 5.32 Å². The Morgan fingerprint density at radius 3 is 2.50 bits per heavy atom. The van der Waals surface area contributed by atoms with Gasteiger partial charge in [0, 0.05) is 13.0 Å². The number of carboxylic acids is 1. The van der Waals surface area contributed by atoms with Crippen LogP contribution in [0.25, 0.3) is 0 Å². The van der Waals surface area contributed by atoms with Crippen LogP contribution < -0.4 is 5.32 Å². The summed E-state index contributed by atoms with van der Waals surface area (Å²) in [6.07, 6.45) is 6.60. The van der Waals surface area contributed by atoms with Crippen LogP contribution in [0.2, 0.25) is 0 Å². The number of carbonyl (C=O) groups is 2. The highest BCUT2D eigenvalue weighted by molar-refractivity contribution is 5.85. The van der Waals surface area contributed by atoms with Crippen LogP contribution in [0.3, 0.4) is 0 Å². The molecule has 20 heavy (non-hydrogen) atoms. The molecule has 0 aromatic rings. The second-order valence-electron chi connectivity index (χ2n) is 6.60. The Kier molecular flexibility index (Phi) is 3.71. The Bertz CT molecular complexity index is 399. The van der Waals surface area contributed by atoms with Crippen LogP contribution in [-0.2, 0) is 14.3 Å². The maximum atomic E-state index is 12.2. The molecule has 3 fully saturated rings. The number of ether oxygens (including phenoxy) is 1. The monoisotopic (exact) mass is 281 g/mol. The molecule has 112 valence electrons. The van der Waals surface area contributed by atoms with Crippen LogP contribution in [0.1, 0.15) is 51.4 Å². The zero-order chi connectivity index (χ0) is 14.2. The third kappa shape index (κ3) is 2.68. The van der Waals surface area contributed by atoms with Crippen LogP contribution in [0, 0.1) is 11.3 Å². The summed E-state index contributed by atoms with van der Waals surface area (Å²) in [4.78, 5) is 23.7. The number of aliphatic carboxylic acids is 1. The highest BCUT2D eigenvalue weighted by atomic mass is 16.5. The lowest BCUT2D eigenvalue weighted by molar-refractivity contribution is -0.151. The van der Waals surface area contributed by atoms with Gasteiger partial charge in [-0.25, -0.2) is 0 Å². The van der Waals surface area contributed by atoms with Gasteiger partial charge in [-0.2, -0.15) is 0 Å². The van der Waals surface area contributed by atoms with Gasteiger partial charge >= 0.3 is 5.97 Å². The third-order valence-corrected chi connectivity index (χ3v) is 5.08. The van der Waals surface area contributed by atoms with Crippen molar-refractivity contribution in [2.24, 2.45) is 11.3 Å². The molecular formula is C15H23NO4. The largest absolute Gasteiger partial charge is 0.481 e. The summed E-state index contributed by atoms with van der Waals surface area (Å²) >= 11 is 0. The van der Waals surface area contributed by atoms with Crippen molar-refractivity contribution in [1.29, 1.82) is 0 Å². The standard InChI is InChI=1S/C15H23NO4/c17-12(9-15(14(18)19)6-1-2-7-15)16-11-5-8-20-13(11)10-3-4-10/h10-11,13H,1-9H2,(H,16,17)(H,18,19). The number of hydrogen-bond acceptors (Lipinski definition) is 3. The first kappa shape index (κ1) is 13.9. The molecule has 1 aliphatic heterocycles. The van der Waals surface area contributed by atoms with Gasteiger partial charge in [-0.15, -0.1) is 0 Å². The molecule has 2 saturated carbocycles. The van der Waals surface area contributed by atoms with Gasteiger partial charge in [0.1, 0.15) is 0 Å². The molecule has 0 radical (unpaired) electrons. The smallest absolute Gasteiger partial charge is 0.310 e. The fourth-order valence-corrected chi connectivity index (χ4v) is 3.74. The molecule has 0 bridgehead atoms. The minimum absolute atomic E-state index is 0.0854. The van der Waals surface area contributed by atoms with E-state index in [1.807, 2.05) is 0 Å². The minimum atomic E-state index is -0.821. The van der Waals surface area contributed by atoms with E-state index in [4.69, 9.17) is 4.74 Å². The zero-order valence-corrected chi connectivity index (χ0v) is 11.8. The summed E-state index contributed by atoms with van der Waals surface area (Å²) in [5.41, 5.74) is -0.821. The summed E-state index contributed by atoms with van der Waals surface area (Å²) in [6, 6.07) is 0.0854. The molecule has 2 aliphatic carbocycles. The number of carboxylic acid groups (broad SMARTS) is 1. The fourth-order valence-electron chi connectivity index (χ4n) is 3.74. The van der Waals surface area contributed by atoms with Gasteiger partial charge in [-0.3, -0.25) is 9.59 Å². The molecule has 3 rings (SSSR count). The van der Waals surface area contributed by atoms with E-state index in [1.165, 1.54) is 12.8 Å². The first-order valence-corrected chi connectivity index (χ1v) is 7.75. The van der Waals surface area contributed by atoms with Crippen LogP contribution in [0.4, 0.5) is 0 Å². The lowest BCUT2D eigenvalue weighted by Gasteiger charge is -2.25. The second-order valence-corrected chi connectivity index (χ2v) is 6.60. The van der Waals surface area contributed by atoms with Crippen molar-refractivity contribution in [3.8, 4) is 0 Å². The molecule has 5 heteroatoms. The molecule has 2 unspecified atom stereocenters.